The van der Waals surface area contributed by atoms with Crippen molar-refractivity contribution in [2.24, 2.45) is 5.92 Å². The Morgan fingerprint density at radius 2 is 2.04 bits per heavy atom. The van der Waals surface area contributed by atoms with Crippen molar-refractivity contribution in [2.45, 2.75) is 13.3 Å². The van der Waals surface area contributed by atoms with Gasteiger partial charge in [0.1, 0.15) is 6.61 Å². The average molecular weight is 393 g/mol. The van der Waals surface area contributed by atoms with E-state index in [1.165, 1.54) is 4.90 Å². The molecule has 1 N–H and O–H groups in total. The number of halogens is 2. The molecule has 0 radical (unpaired) electrons. The highest BCUT2D eigenvalue weighted by atomic mass is 35.5. The molecule has 1 unspecified atom stereocenters. The van der Waals surface area contributed by atoms with Crippen LogP contribution in [0.1, 0.15) is 12.5 Å². The Kier molecular flexibility index (Phi) is 5.69. The molecule has 1 aliphatic heterocycles. The summed E-state index contributed by atoms with van der Waals surface area (Å²) in [6.07, 6.45) is 0.0724. The molecule has 2 aromatic carbocycles. The van der Waals surface area contributed by atoms with E-state index in [2.05, 4.69) is 5.32 Å². The van der Waals surface area contributed by atoms with Gasteiger partial charge in [-0.3, -0.25) is 9.69 Å². The van der Waals surface area contributed by atoms with Gasteiger partial charge in [0.15, 0.2) is 0 Å². The smallest absolute Gasteiger partial charge is 0.414 e. The van der Waals surface area contributed by atoms with E-state index in [-0.39, 0.29) is 11.8 Å². The second-order valence-electron chi connectivity index (χ2n) is 6.11. The fraction of sp³-hybridized carbons (Fsp3) is 0.263. The first-order valence-corrected chi connectivity index (χ1v) is 8.99. The van der Waals surface area contributed by atoms with Gasteiger partial charge in [-0.25, -0.2) is 4.79 Å². The molecule has 7 heteroatoms. The van der Waals surface area contributed by atoms with E-state index in [1.807, 2.05) is 19.1 Å². The molecule has 2 amide bonds. The van der Waals surface area contributed by atoms with Crippen LogP contribution >= 0.6 is 23.2 Å². The fourth-order valence-corrected chi connectivity index (χ4v) is 3.28. The average Bonchev–Trinajstić information content (AvgIpc) is 3.03. The van der Waals surface area contributed by atoms with Crippen LogP contribution in [0.25, 0.3) is 0 Å². The van der Waals surface area contributed by atoms with E-state index in [1.54, 1.807) is 30.3 Å². The molecule has 0 bridgehead atoms. The Morgan fingerprint density at radius 1 is 1.27 bits per heavy atom. The van der Waals surface area contributed by atoms with Gasteiger partial charge in [-0.15, -0.1) is 0 Å². The quantitative estimate of drug-likeness (QED) is 0.796. The van der Waals surface area contributed by atoms with Crippen LogP contribution in [0.4, 0.5) is 16.2 Å². The van der Waals surface area contributed by atoms with Crippen molar-refractivity contribution in [1.29, 1.82) is 0 Å². The first kappa shape index (κ1) is 18.5. The summed E-state index contributed by atoms with van der Waals surface area (Å²) in [6, 6.07) is 12.4. The molecule has 5 nitrogen and oxygen atoms in total. The van der Waals surface area contributed by atoms with Gasteiger partial charge in [0, 0.05) is 16.0 Å². The van der Waals surface area contributed by atoms with Crippen molar-refractivity contribution < 1.29 is 14.3 Å². The summed E-state index contributed by atoms with van der Waals surface area (Å²) in [7, 11) is 0. The van der Waals surface area contributed by atoms with Crippen LogP contribution in [-0.4, -0.2) is 25.2 Å². The lowest BCUT2D eigenvalue weighted by Crippen LogP contribution is -2.27. The van der Waals surface area contributed by atoms with E-state index < -0.39 is 6.09 Å². The van der Waals surface area contributed by atoms with Crippen LogP contribution in [0.15, 0.2) is 42.5 Å². The number of cyclic esters (lactones) is 1. The predicted octanol–water partition coefficient (Wildman–Crippen LogP) is 4.77. The highest BCUT2D eigenvalue weighted by Crippen LogP contribution is 2.29. The number of rotatable bonds is 5. The maximum atomic E-state index is 12.6. The van der Waals surface area contributed by atoms with Crippen LogP contribution < -0.4 is 10.2 Å². The molecular formula is C19H18Cl2N2O3. The summed E-state index contributed by atoms with van der Waals surface area (Å²) in [5.74, 6) is -0.469. The van der Waals surface area contributed by atoms with Crippen molar-refractivity contribution >= 4 is 46.6 Å². The first-order valence-electron chi connectivity index (χ1n) is 8.24. The molecule has 1 saturated heterocycles. The Labute approximate surface area is 161 Å². The minimum atomic E-state index is -0.410. The van der Waals surface area contributed by atoms with Gasteiger partial charge >= 0.3 is 6.09 Å². The van der Waals surface area contributed by atoms with Crippen molar-refractivity contribution in [1.82, 2.24) is 0 Å². The predicted molar refractivity (Wildman–Crippen MR) is 103 cm³/mol. The summed E-state index contributed by atoms with van der Waals surface area (Å²) >= 11 is 12.1. The third-order valence-corrected chi connectivity index (χ3v) is 4.79. The third kappa shape index (κ3) is 4.11. The van der Waals surface area contributed by atoms with Crippen molar-refractivity contribution in [3.8, 4) is 0 Å². The molecule has 1 aliphatic rings. The maximum absolute atomic E-state index is 12.6. The van der Waals surface area contributed by atoms with Crippen LogP contribution in [0, 0.1) is 5.92 Å². The third-order valence-electron chi connectivity index (χ3n) is 4.20. The minimum Gasteiger partial charge on any atom is -0.447 e. The number of amides is 2. The van der Waals surface area contributed by atoms with Crippen molar-refractivity contribution in [2.75, 3.05) is 23.4 Å². The SMILES string of the molecule is CC(Cc1ccc(Cl)cc1Cl)C(=O)Nc1ccccc1N1CCOC1=O. The summed E-state index contributed by atoms with van der Waals surface area (Å²) < 4.78 is 4.98. The molecule has 2 aromatic rings. The number of ether oxygens (including phenoxy) is 1. The number of benzene rings is 2. The number of anilines is 2. The second-order valence-corrected chi connectivity index (χ2v) is 6.96. The normalized spacial score (nSPS) is 14.9. The molecule has 1 fully saturated rings. The van der Waals surface area contributed by atoms with E-state index in [4.69, 9.17) is 27.9 Å². The zero-order valence-electron chi connectivity index (χ0n) is 14.2. The van der Waals surface area contributed by atoms with E-state index in [0.717, 1.165) is 5.56 Å². The number of nitrogens with zero attached hydrogens (tertiary/aromatic N) is 1. The Morgan fingerprint density at radius 3 is 2.73 bits per heavy atom. The fourth-order valence-electron chi connectivity index (χ4n) is 2.79. The van der Waals surface area contributed by atoms with Gasteiger partial charge < -0.3 is 10.1 Å². The number of nitrogens with one attached hydrogen (secondary N) is 1. The lowest BCUT2D eigenvalue weighted by Gasteiger charge is -2.19. The monoisotopic (exact) mass is 392 g/mol. The van der Waals surface area contributed by atoms with Gasteiger partial charge in [0.25, 0.3) is 0 Å². The molecule has 1 heterocycles. The molecule has 1 atom stereocenters. The highest BCUT2D eigenvalue weighted by Gasteiger charge is 2.26. The topological polar surface area (TPSA) is 58.6 Å². The zero-order chi connectivity index (χ0) is 18.7. The van der Waals surface area contributed by atoms with Crippen LogP contribution in [-0.2, 0) is 16.0 Å². The molecule has 136 valence electrons. The van der Waals surface area contributed by atoms with Gasteiger partial charge in [-0.2, -0.15) is 0 Å². The second kappa shape index (κ2) is 7.98. The molecule has 0 aliphatic carbocycles. The molecule has 0 aromatic heterocycles. The molecular weight excluding hydrogens is 375 g/mol. The van der Waals surface area contributed by atoms with Crippen LogP contribution in [0.3, 0.4) is 0 Å². The van der Waals surface area contributed by atoms with E-state index >= 15 is 0 Å². The number of hydrogen-bond acceptors (Lipinski definition) is 3. The summed E-state index contributed by atoms with van der Waals surface area (Å²) in [5.41, 5.74) is 2.06. The largest absolute Gasteiger partial charge is 0.447 e. The number of hydrogen-bond donors (Lipinski definition) is 1. The summed E-state index contributed by atoms with van der Waals surface area (Å²) in [6.45, 7) is 2.63. The highest BCUT2D eigenvalue weighted by molar-refractivity contribution is 6.35. The van der Waals surface area contributed by atoms with Gasteiger partial charge in [-0.05, 0) is 36.2 Å². The van der Waals surface area contributed by atoms with Gasteiger partial charge in [-0.1, -0.05) is 48.3 Å². The van der Waals surface area contributed by atoms with Gasteiger partial charge in [0.2, 0.25) is 5.91 Å². The lowest BCUT2D eigenvalue weighted by atomic mass is 10.00. The van der Waals surface area contributed by atoms with Crippen LogP contribution in [0.2, 0.25) is 10.0 Å². The lowest BCUT2D eigenvalue weighted by molar-refractivity contribution is -0.119. The van der Waals surface area contributed by atoms with Crippen molar-refractivity contribution in [3.05, 3.63) is 58.1 Å². The Hall–Kier alpha value is -2.24. The maximum Gasteiger partial charge on any atom is 0.414 e. The number of carbonyl (C=O) groups is 2. The van der Waals surface area contributed by atoms with Crippen LogP contribution in [0.5, 0.6) is 0 Å². The zero-order valence-corrected chi connectivity index (χ0v) is 15.7. The molecule has 0 saturated carbocycles. The summed E-state index contributed by atoms with van der Waals surface area (Å²) in [4.78, 5) is 26.0. The first-order chi connectivity index (χ1) is 12.5. The van der Waals surface area contributed by atoms with E-state index in [0.29, 0.717) is 41.0 Å². The standard InChI is InChI=1S/C19H18Cl2N2O3/c1-12(10-13-6-7-14(20)11-15(13)21)18(24)22-16-4-2-3-5-17(16)23-8-9-26-19(23)25/h2-7,11-12H,8-10H2,1H3,(H,22,24). The van der Waals surface area contributed by atoms with Crippen molar-refractivity contribution in [3.63, 3.8) is 0 Å². The Balaban J connectivity index is 1.72. The minimum absolute atomic E-state index is 0.156. The molecule has 0 spiro atoms. The number of para-hydroxylation sites is 2. The van der Waals surface area contributed by atoms with Gasteiger partial charge in [0.05, 0.1) is 17.9 Å². The molecule has 3 rings (SSSR count). The molecule has 26 heavy (non-hydrogen) atoms. The van der Waals surface area contributed by atoms with E-state index in [9.17, 15) is 9.59 Å². The summed E-state index contributed by atoms with van der Waals surface area (Å²) in [5, 5.41) is 4.00. The Bertz CT molecular complexity index is 841. The number of carbonyl (C=O) groups excluding carboxylic acids is 2.